The van der Waals surface area contributed by atoms with Crippen molar-refractivity contribution in [1.82, 2.24) is 10.0 Å². The molecular weight excluding hydrogens is 374 g/mol. The lowest BCUT2D eigenvalue weighted by Gasteiger charge is -2.29. The first kappa shape index (κ1) is 19.1. The molecule has 2 heterocycles. The van der Waals surface area contributed by atoms with E-state index in [4.69, 9.17) is 0 Å². The summed E-state index contributed by atoms with van der Waals surface area (Å²) in [7, 11) is -3.67. The van der Waals surface area contributed by atoms with Crippen LogP contribution in [-0.2, 0) is 27.7 Å². The number of hydrogen-bond acceptors (Lipinski definition) is 4. The molecule has 148 valence electrons. The maximum atomic E-state index is 12.9. The van der Waals surface area contributed by atoms with Crippen molar-refractivity contribution in [3.63, 3.8) is 0 Å². The van der Waals surface area contributed by atoms with E-state index in [9.17, 15) is 13.2 Å². The Morgan fingerprint density at radius 1 is 1.18 bits per heavy atom. The van der Waals surface area contributed by atoms with E-state index in [2.05, 4.69) is 16.1 Å². The molecule has 1 atom stereocenters. The Morgan fingerprint density at radius 3 is 2.82 bits per heavy atom. The van der Waals surface area contributed by atoms with Gasteiger partial charge in [-0.15, -0.1) is 0 Å². The third kappa shape index (κ3) is 3.70. The number of amides is 1. The van der Waals surface area contributed by atoms with E-state index >= 15 is 0 Å². The Kier molecular flexibility index (Phi) is 5.23. The van der Waals surface area contributed by atoms with Gasteiger partial charge >= 0.3 is 0 Å². The molecule has 0 fully saturated rings. The minimum atomic E-state index is -3.67. The van der Waals surface area contributed by atoms with Crippen molar-refractivity contribution in [2.45, 2.75) is 37.1 Å². The zero-order valence-electron chi connectivity index (χ0n) is 15.9. The number of fused-ring (bicyclic) bond motifs is 2. The number of carbonyl (C=O) groups excluding carboxylic acids is 1. The first-order chi connectivity index (χ1) is 13.5. The van der Waals surface area contributed by atoms with Crippen LogP contribution in [0, 0.1) is 0 Å². The second kappa shape index (κ2) is 7.66. The van der Waals surface area contributed by atoms with Gasteiger partial charge in [-0.05, 0) is 54.6 Å². The van der Waals surface area contributed by atoms with Gasteiger partial charge in [-0.3, -0.25) is 4.79 Å². The average Bonchev–Trinajstić information content (AvgIpc) is 2.71. The average molecular weight is 400 g/mol. The van der Waals surface area contributed by atoms with Gasteiger partial charge in [-0.25, -0.2) is 13.1 Å². The highest BCUT2D eigenvalue weighted by Gasteiger charge is 2.25. The van der Waals surface area contributed by atoms with Gasteiger partial charge in [-0.2, -0.15) is 0 Å². The molecule has 6 nitrogen and oxygen atoms in total. The number of nitrogens with zero attached hydrogens (tertiary/aromatic N) is 1. The highest BCUT2D eigenvalue weighted by atomic mass is 32.2. The third-order valence-corrected chi connectivity index (χ3v) is 6.98. The number of sulfonamides is 1. The molecule has 0 radical (unpaired) electrons. The van der Waals surface area contributed by atoms with E-state index in [0.29, 0.717) is 12.2 Å². The van der Waals surface area contributed by atoms with Crippen LogP contribution < -0.4 is 14.9 Å². The summed E-state index contributed by atoms with van der Waals surface area (Å²) in [4.78, 5) is 13.8. The Labute approximate surface area is 166 Å². The lowest BCUT2D eigenvalue weighted by Crippen LogP contribution is -2.39. The van der Waals surface area contributed by atoms with Crippen molar-refractivity contribution in [3.8, 4) is 0 Å². The molecule has 28 heavy (non-hydrogen) atoms. The number of rotatable bonds is 4. The maximum absolute atomic E-state index is 12.9. The van der Waals surface area contributed by atoms with Gasteiger partial charge in [-0.1, -0.05) is 30.3 Å². The zero-order chi connectivity index (χ0) is 19.7. The molecule has 0 saturated carbocycles. The second-order valence-electron chi connectivity index (χ2n) is 7.37. The van der Waals surface area contributed by atoms with E-state index in [0.717, 1.165) is 36.9 Å². The third-order valence-electron chi connectivity index (χ3n) is 5.56. The van der Waals surface area contributed by atoms with Gasteiger partial charge in [0.05, 0.1) is 4.90 Å². The molecule has 1 unspecified atom stereocenters. The topological polar surface area (TPSA) is 78.5 Å². The summed E-state index contributed by atoms with van der Waals surface area (Å²) in [6.07, 6.45) is 2.70. The van der Waals surface area contributed by atoms with Crippen LogP contribution in [0.25, 0.3) is 0 Å². The number of anilines is 1. The molecule has 2 N–H and O–H groups in total. The van der Waals surface area contributed by atoms with Crippen LogP contribution in [0.1, 0.15) is 36.1 Å². The summed E-state index contributed by atoms with van der Waals surface area (Å²) < 4.78 is 28.6. The van der Waals surface area contributed by atoms with Crippen molar-refractivity contribution in [2.24, 2.45) is 0 Å². The minimum Gasteiger partial charge on any atom is -0.312 e. The zero-order valence-corrected chi connectivity index (χ0v) is 16.8. The smallest absolute Gasteiger partial charge is 0.240 e. The highest BCUT2D eigenvalue weighted by Crippen LogP contribution is 2.30. The molecule has 2 aromatic rings. The normalized spacial score (nSPS) is 19.0. The fraction of sp³-hybridized carbons (Fsp3) is 0.381. The molecule has 0 spiro atoms. The summed E-state index contributed by atoms with van der Waals surface area (Å²) in [5, 5.41) is 3.39. The molecular formula is C21H25N3O3S. The fourth-order valence-electron chi connectivity index (χ4n) is 4.10. The van der Waals surface area contributed by atoms with Crippen molar-refractivity contribution >= 4 is 21.6 Å². The maximum Gasteiger partial charge on any atom is 0.240 e. The van der Waals surface area contributed by atoms with Crippen LogP contribution in [-0.4, -0.2) is 34.0 Å². The lowest BCUT2D eigenvalue weighted by molar-refractivity contribution is -0.116. The SMILES string of the molecule is CC(=O)N1CCCc2ccc(S(=O)(=O)NCC3NCCc4ccccc43)cc21. The number of carbonyl (C=O) groups is 1. The minimum absolute atomic E-state index is 0.0499. The first-order valence-corrected chi connectivity index (χ1v) is 11.2. The molecule has 2 aromatic carbocycles. The van der Waals surface area contributed by atoms with Crippen molar-refractivity contribution in [1.29, 1.82) is 0 Å². The second-order valence-corrected chi connectivity index (χ2v) is 9.14. The Bertz CT molecular complexity index is 1000. The van der Waals surface area contributed by atoms with Gasteiger partial charge in [0, 0.05) is 31.7 Å². The predicted molar refractivity (Wildman–Crippen MR) is 109 cm³/mol. The van der Waals surface area contributed by atoms with Gasteiger partial charge in [0.25, 0.3) is 0 Å². The highest BCUT2D eigenvalue weighted by molar-refractivity contribution is 7.89. The van der Waals surface area contributed by atoms with Crippen LogP contribution in [0.3, 0.4) is 0 Å². The van der Waals surface area contributed by atoms with E-state index in [1.165, 1.54) is 12.5 Å². The first-order valence-electron chi connectivity index (χ1n) is 9.67. The van der Waals surface area contributed by atoms with Gasteiger partial charge in [0.1, 0.15) is 0 Å². The van der Waals surface area contributed by atoms with Gasteiger partial charge < -0.3 is 10.2 Å². The molecule has 2 aliphatic rings. The molecule has 1 amide bonds. The van der Waals surface area contributed by atoms with Gasteiger partial charge in [0.15, 0.2) is 0 Å². The Balaban J connectivity index is 1.55. The van der Waals surface area contributed by atoms with Crippen LogP contribution >= 0.6 is 0 Å². The molecule has 0 aliphatic carbocycles. The largest absolute Gasteiger partial charge is 0.312 e. The summed E-state index contributed by atoms with van der Waals surface area (Å²) >= 11 is 0. The molecule has 4 rings (SSSR count). The number of hydrogen-bond donors (Lipinski definition) is 2. The van der Waals surface area contributed by atoms with Crippen LogP contribution in [0.15, 0.2) is 47.4 Å². The quantitative estimate of drug-likeness (QED) is 0.826. The van der Waals surface area contributed by atoms with Crippen molar-refractivity contribution < 1.29 is 13.2 Å². The summed E-state index contributed by atoms with van der Waals surface area (Å²) in [6.45, 7) is 3.26. The molecule has 0 saturated heterocycles. The molecule has 0 aromatic heterocycles. The van der Waals surface area contributed by atoms with E-state index in [1.807, 2.05) is 24.3 Å². The molecule has 2 aliphatic heterocycles. The number of nitrogens with one attached hydrogen (secondary N) is 2. The van der Waals surface area contributed by atoms with Crippen molar-refractivity contribution in [2.75, 3.05) is 24.5 Å². The summed E-state index contributed by atoms with van der Waals surface area (Å²) in [5.41, 5.74) is 4.13. The lowest BCUT2D eigenvalue weighted by atomic mass is 9.95. The predicted octanol–water partition coefficient (Wildman–Crippen LogP) is 2.15. The Morgan fingerprint density at radius 2 is 2.00 bits per heavy atom. The van der Waals surface area contributed by atoms with E-state index in [1.54, 1.807) is 17.0 Å². The van der Waals surface area contributed by atoms with Crippen molar-refractivity contribution in [3.05, 3.63) is 59.2 Å². The standard InChI is InChI=1S/C21H25N3O3S/c1-15(25)24-12-4-6-17-8-9-18(13-21(17)24)28(26,27)23-14-20-19-7-3-2-5-16(19)10-11-22-20/h2-3,5,7-9,13,20,22-23H,4,6,10-12,14H2,1H3. The van der Waals surface area contributed by atoms with Crippen LogP contribution in [0.5, 0.6) is 0 Å². The fourth-order valence-corrected chi connectivity index (χ4v) is 5.17. The Hall–Kier alpha value is -2.22. The number of aryl methyl sites for hydroxylation is 1. The summed E-state index contributed by atoms with van der Waals surface area (Å²) in [6, 6.07) is 13.2. The number of benzene rings is 2. The van der Waals surface area contributed by atoms with Crippen LogP contribution in [0.2, 0.25) is 0 Å². The van der Waals surface area contributed by atoms with E-state index in [-0.39, 0.29) is 23.4 Å². The molecule has 0 bridgehead atoms. The summed E-state index contributed by atoms with van der Waals surface area (Å²) in [5.74, 6) is -0.0635. The molecule has 7 heteroatoms. The van der Waals surface area contributed by atoms with Gasteiger partial charge in [0.2, 0.25) is 15.9 Å². The van der Waals surface area contributed by atoms with E-state index < -0.39 is 10.0 Å². The monoisotopic (exact) mass is 399 g/mol. The van der Waals surface area contributed by atoms with Crippen LogP contribution in [0.4, 0.5) is 5.69 Å².